The van der Waals surface area contributed by atoms with E-state index in [1.165, 1.54) is 0 Å². The van der Waals surface area contributed by atoms with Crippen molar-refractivity contribution < 1.29 is 14.3 Å². The van der Waals surface area contributed by atoms with Crippen LogP contribution < -0.4 is 4.74 Å². The number of ketones is 1. The molecule has 1 aromatic rings. The summed E-state index contributed by atoms with van der Waals surface area (Å²) in [6, 6.07) is 7.18. The van der Waals surface area contributed by atoms with Crippen molar-refractivity contribution >= 4 is 5.78 Å². The first-order chi connectivity index (χ1) is 7.63. The zero-order valence-corrected chi connectivity index (χ0v) is 10.0. The van der Waals surface area contributed by atoms with Crippen LogP contribution in [0.4, 0.5) is 0 Å². The number of methoxy groups -OCH3 is 1. The number of hydrogen-bond acceptors (Lipinski definition) is 3. The van der Waals surface area contributed by atoms with Gasteiger partial charge in [0.05, 0.1) is 19.8 Å². The van der Waals surface area contributed by atoms with Gasteiger partial charge in [-0.05, 0) is 26.0 Å². The van der Waals surface area contributed by atoms with E-state index in [1.807, 2.05) is 26.0 Å². The number of carbonyl (C=O) groups excluding carboxylic acids is 1. The van der Waals surface area contributed by atoms with E-state index in [1.54, 1.807) is 19.2 Å². The second-order valence-corrected chi connectivity index (χ2v) is 3.82. The van der Waals surface area contributed by atoms with Crippen LogP contribution in [-0.4, -0.2) is 25.6 Å². The lowest BCUT2D eigenvalue weighted by Crippen LogP contribution is -2.09. The molecule has 0 amide bonds. The van der Waals surface area contributed by atoms with E-state index < -0.39 is 0 Å². The Morgan fingerprint density at radius 2 is 2.12 bits per heavy atom. The largest absolute Gasteiger partial charge is 0.497 e. The van der Waals surface area contributed by atoms with Crippen molar-refractivity contribution in [2.75, 3.05) is 13.7 Å². The van der Waals surface area contributed by atoms with E-state index in [0.717, 1.165) is 0 Å². The Labute approximate surface area is 96.4 Å². The summed E-state index contributed by atoms with van der Waals surface area (Å²) in [6.45, 7) is 4.37. The van der Waals surface area contributed by atoms with Crippen LogP contribution >= 0.6 is 0 Å². The molecule has 0 atom stereocenters. The second kappa shape index (κ2) is 6.28. The fraction of sp³-hybridized carbons (Fsp3) is 0.462. The maximum absolute atomic E-state index is 11.8. The SMILES string of the molecule is COc1cccc(C(=O)CCOC(C)C)c1. The van der Waals surface area contributed by atoms with Gasteiger partial charge in [-0.1, -0.05) is 12.1 Å². The highest BCUT2D eigenvalue weighted by Crippen LogP contribution is 2.14. The van der Waals surface area contributed by atoms with E-state index in [9.17, 15) is 4.79 Å². The second-order valence-electron chi connectivity index (χ2n) is 3.82. The molecule has 3 nitrogen and oxygen atoms in total. The van der Waals surface area contributed by atoms with Gasteiger partial charge in [-0.15, -0.1) is 0 Å². The highest BCUT2D eigenvalue weighted by molar-refractivity contribution is 5.96. The van der Waals surface area contributed by atoms with Crippen LogP contribution in [-0.2, 0) is 4.74 Å². The number of Topliss-reactive ketones (excluding diaryl/α,β-unsaturated/α-hetero) is 1. The first-order valence-corrected chi connectivity index (χ1v) is 5.42. The van der Waals surface area contributed by atoms with Crippen molar-refractivity contribution in [2.45, 2.75) is 26.4 Å². The molecular formula is C13H18O3. The van der Waals surface area contributed by atoms with Gasteiger partial charge in [0, 0.05) is 12.0 Å². The first-order valence-electron chi connectivity index (χ1n) is 5.42. The highest BCUT2D eigenvalue weighted by Gasteiger charge is 2.07. The summed E-state index contributed by atoms with van der Waals surface area (Å²) in [7, 11) is 1.59. The summed E-state index contributed by atoms with van der Waals surface area (Å²) < 4.78 is 10.4. The lowest BCUT2D eigenvalue weighted by molar-refractivity contribution is 0.0678. The Hall–Kier alpha value is -1.35. The van der Waals surface area contributed by atoms with Crippen molar-refractivity contribution in [3.05, 3.63) is 29.8 Å². The molecule has 16 heavy (non-hydrogen) atoms. The molecule has 88 valence electrons. The van der Waals surface area contributed by atoms with Crippen molar-refractivity contribution in [1.29, 1.82) is 0 Å². The van der Waals surface area contributed by atoms with Crippen molar-refractivity contribution in [2.24, 2.45) is 0 Å². The van der Waals surface area contributed by atoms with Gasteiger partial charge in [0.1, 0.15) is 5.75 Å². The molecule has 0 unspecified atom stereocenters. The van der Waals surface area contributed by atoms with E-state index >= 15 is 0 Å². The fourth-order valence-electron chi connectivity index (χ4n) is 1.33. The van der Waals surface area contributed by atoms with Crippen LogP contribution in [0.15, 0.2) is 24.3 Å². The minimum atomic E-state index is 0.0829. The smallest absolute Gasteiger partial charge is 0.165 e. The van der Waals surface area contributed by atoms with Gasteiger partial charge in [-0.2, -0.15) is 0 Å². The van der Waals surface area contributed by atoms with Gasteiger partial charge in [0.2, 0.25) is 0 Å². The van der Waals surface area contributed by atoms with E-state index in [0.29, 0.717) is 24.3 Å². The molecule has 0 heterocycles. The molecule has 3 heteroatoms. The fourth-order valence-corrected chi connectivity index (χ4v) is 1.33. The topological polar surface area (TPSA) is 35.5 Å². The summed E-state index contributed by atoms with van der Waals surface area (Å²) in [5.41, 5.74) is 0.673. The van der Waals surface area contributed by atoms with Crippen molar-refractivity contribution in [3.8, 4) is 5.75 Å². The third-order valence-corrected chi connectivity index (χ3v) is 2.17. The predicted octanol–water partition coefficient (Wildman–Crippen LogP) is 2.69. The Morgan fingerprint density at radius 1 is 1.38 bits per heavy atom. The first kappa shape index (κ1) is 12.7. The van der Waals surface area contributed by atoms with E-state index in [4.69, 9.17) is 9.47 Å². The molecule has 0 aromatic heterocycles. The van der Waals surface area contributed by atoms with Crippen molar-refractivity contribution in [3.63, 3.8) is 0 Å². The molecular weight excluding hydrogens is 204 g/mol. The standard InChI is InChI=1S/C13H18O3/c1-10(2)16-8-7-13(14)11-5-4-6-12(9-11)15-3/h4-6,9-10H,7-8H2,1-3H3. The quantitative estimate of drug-likeness (QED) is 0.694. The van der Waals surface area contributed by atoms with E-state index in [2.05, 4.69) is 0 Å². The van der Waals surface area contributed by atoms with Gasteiger partial charge in [-0.25, -0.2) is 0 Å². The van der Waals surface area contributed by atoms with Crippen LogP contribution in [0.5, 0.6) is 5.75 Å². The number of hydrogen-bond donors (Lipinski definition) is 0. The zero-order valence-electron chi connectivity index (χ0n) is 10.0. The molecule has 0 aliphatic rings. The van der Waals surface area contributed by atoms with Crippen LogP contribution in [0.25, 0.3) is 0 Å². The molecule has 0 aliphatic carbocycles. The van der Waals surface area contributed by atoms with Gasteiger partial charge < -0.3 is 9.47 Å². The molecule has 0 spiro atoms. The van der Waals surface area contributed by atoms with Gasteiger partial charge >= 0.3 is 0 Å². The Morgan fingerprint density at radius 3 is 2.75 bits per heavy atom. The molecule has 0 radical (unpaired) electrons. The number of carbonyl (C=O) groups is 1. The Balaban J connectivity index is 2.52. The lowest BCUT2D eigenvalue weighted by Gasteiger charge is -2.07. The minimum absolute atomic E-state index is 0.0829. The summed E-state index contributed by atoms with van der Waals surface area (Å²) in [5, 5.41) is 0. The Bertz CT molecular complexity index is 345. The zero-order chi connectivity index (χ0) is 12.0. The lowest BCUT2D eigenvalue weighted by atomic mass is 10.1. The average Bonchev–Trinajstić information content (AvgIpc) is 2.28. The average molecular weight is 222 g/mol. The van der Waals surface area contributed by atoms with Crippen LogP contribution in [0.3, 0.4) is 0 Å². The van der Waals surface area contributed by atoms with Gasteiger partial charge in [0.15, 0.2) is 5.78 Å². The summed E-state index contributed by atoms with van der Waals surface area (Å²) in [4.78, 5) is 11.8. The Kier molecular flexibility index (Phi) is 4.99. The molecule has 1 rings (SSSR count). The van der Waals surface area contributed by atoms with Crippen LogP contribution in [0.1, 0.15) is 30.6 Å². The minimum Gasteiger partial charge on any atom is -0.497 e. The van der Waals surface area contributed by atoms with E-state index in [-0.39, 0.29) is 11.9 Å². The third kappa shape index (κ3) is 4.03. The normalized spacial score (nSPS) is 10.5. The highest BCUT2D eigenvalue weighted by atomic mass is 16.5. The van der Waals surface area contributed by atoms with Gasteiger partial charge in [-0.3, -0.25) is 4.79 Å². The van der Waals surface area contributed by atoms with Crippen LogP contribution in [0.2, 0.25) is 0 Å². The predicted molar refractivity (Wildman–Crippen MR) is 63.0 cm³/mol. The maximum atomic E-state index is 11.8. The number of ether oxygens (including phenoxy) is 2. The molecule has 0 aliphatic heterocycles. The van der Waals surface area contributed by atoms with Crippen molar-refractivity contribution in [1.82, 2.24) is 0 Å². The molecule has 0 saturated heterocycles. The molecule has 0 fully saturated rings. The summed E-state index contributed by atoms with van der Waals surface area (Å²) in [5.74, 6) is 0.787. The summed E-state index contributed by atoms with van der Waals surface area (Å²) in [6.07, 6.45) is 0.573. The molecule has 1 aromatic carbocycles. The third-order valence-electron chi connectivity index (χ3n) is 2.17. The monoisotopic (exact) mass is 222 g/mol. The number of benzene rings is 1. The molecule has 0 N–H and O–H groups in total. The summed E-state index contributed by atoms with van der Waals surface area (Å²) >= 11 is 0. The number of rotatable bonds is 6. The maximum Gasteiger partial charge on any atom is 0.165 e. The molecule has 0 saturated carbocycles. The van der Waals surface area contributed by atoms with Crippen LogP contribution in [0, 0.1) is 0 Å². The van der Waals surface area contributed by atoms with Gasteiger partial charge in [0.25, 0.3) is 0 Å². The molecule has 0 bridgehead atoms.